The van der Waals surface area contributed by atoms with Crippen molar-refractivity contribution in [1.82, 2.24) is 0 Å². The van der Waals surface area contributed by atoms with E-state index in [9.17, 15) is 14.4 Å². The van der Waals surface area contributed by atoms with Gasteiger partial charge < -0.3 is 9.53 Å². The van der Waals surface area contributed by atoms with Crippen molar-refractivity contribution < 1.29 is 19.1 Å². The van der Waals surface area contributed by atoms with Crippen molar-refractivity contribution >= 4 is 17.5 Å². The maximum atomic E-state index is 10.5. The van der Waals surface area contributed by atoms with Gasteiger partial charge in [-0.3, -0.25) is 9.59 Å². The number of hydrogen-bond acceptors (Lipinski definition) is 4. The standard InChI is InChI=1S/C6H12O2.C6H10O.C3H6O/c1-3-4-5-8-6(2)7;7-6-4-2-1-3-5-6;1-3(2)4/h3-5H2,1-2H3;1-5H2;1-2H3. The molecule has 1 aliphatic rings. The Balaban J connectivity index is 0. The summed E-state index contributed by atoms with van der Waals surface area (Å²) in [5.74, 6) is 0.449. The molecule has 0 amide bonds. The van der Waals surface area contributed by atoms with Crippen molar-refractivity contribution in [2.24, 2.45) is 0 Å². The second-order valence-corrected chi connectivity index (χ2v) is 4.70. The van der Waals surface area contributed by atoms with Gasteiger partial charge in [-0.2, -0.15) is 0 Å². The van der Waals surface area contributed by atoms with Crippen molar-refractivity contribution in [3.63, 3.8) is 0 Å². The lowest BCUT2D eigenvalue weighted by Crippen LogP contribution is -2.02. The van der Waals surface area contributed by atoms with E-state index in [-0.39, 0.29) is 11.8 Å². The van der Waals surface area contributed by atoms with Gasteiger partial charge in [0.15, 0.2) is 0 Å². The molecule has 0 radical (unpaired) electrons. The minimum atomic E-state index is -0.182. The molecule has 0 aromatic heterocycles. The van der Waals surface area contributed by atoms with Gasteiger partial charge in [0.1, 0.15) is 11.6 Å². The second-order valence-electron chi connectivity index (χ2n) is 4.70. The molecule has 4 heteroatoms. The average molecular weight is 272 g/mol. The van der Waals surface area contributed by atoms with Gasteiger partial charge in [0.25, 0.3) is 0 Å². The normalized spacial score (nSPS) is 13.4. The van der Waals surface area contributed by atoms with Crippen LogP contribution in [0.1, 0.15) is 72.6 Å². The molecule has 0 unspecified atom stereocenters. The van der Waals surface area contributed by atoms with Gasteiger partial charge >= 0.3 is 5.97 Å². The minimum Gasteiger partial charge on any atom is -0.466 e. The quantitative estimate of drug-likeness (QED) is 0.583. The third kappa shape index (κ3) is 26.4. The molecule has 1 fully saturated rings. The molecule has 0 saturated heterocycles. The number of esters is 1. The van der Waals surface area contributed by atoms with E-state index in [0.717, 1.165) is 38.5 Å². The monoisotopic (exact) mass is 272 g/mol. The van der Waals surface area contributed by atoms with Gasteiger partial charge in [-0.15, -0.1) is 0 Å². The van der Waals surface area contributed by atoms with E-state index in [0.29, 0.717) is 12.4 Å². The van der Waals surface area contributed by atoms with Gasteiger partial charge in [-0.1, -0.05) is 19.8 Å². The van der Waals surface area contributed by atoms with E-state index >= 15 is 0 Å². The molecule has 0 N–H and O–H groups in total. The molecular weight excluding hydrogens is 244 g/mol. The van der Waals surface area contributed by atoms with Gasteiger partial charge in [0.2, 0.25) is 0 Å². The zero-order valence-electron chi connectivity index (χ0n) is 12.8. The third-order valence-corrected chi connectivity index (χ3v) is 2.21. The Morgan fingerprint density at radius 3 is 1.79 bits per heavy atom. The number of unbranched alkanes of at least 4 members (excludes halogenated alkanes) is 1. The van der Waals surface area contributed by atoms with Crippen LogP contribution in [-0.4, -0.2) is 24.1 Å². The first-order chi connectivity index (χ1) is 8.90. The average Bonchev–Trinajstić information content (AvgIpc) is 2.30. The fraction of sp³-hybridized carbons (Fsp3) is 0.800. The summed E-state index contributed by atoms with van der Waals surface area (Å²) in [6.45, 7) is 7.12. The van der Waals surface area contributed by atoms with Crippen molar-refractivity contribution in [3.05, 3.63) is 0 Å². The first-order valence-electron chi connectivity index (χ1n) is 7.02. The van der Waals surface area contributed by atoms with E-state index in [1.807, 2.05) is 0 Å². The minimum absolute atomic E-state index is 0.167. The first-order valence-corrected chi connectivity index (χ1v) is 7.02. The van der Waals surface area contributed by atoms with Crippen LogP contribution in [0.3, 0.4) is 0 Å². The summed E-state index contributed by atoms with van der Waals surface area (Å²) in [7, 11) is 0. The van der Waals surface area contributed by atoms with Crippen LogP contribution < -0.4 is 0 Å². The molecular formula is C15H28O4. The van der Waals surface area contributed by atoms with Crippen LogP contribution in [0.4, 0.5) is 0 Å². The number of ketones is 2. The number of ether oxygens (including phenoxy) is 1. The van der Waals surface area contributed by atoms with Crippen LogP contribution in [-0.2, 0) is 19.1 Å². The summed E-state index contributed by atoms with van der Waals surface area (Å²) in [4.78, 5) is 30.0. The summed E-state index contributed by atoms with van der Waals surface area (Å²) in [5, 5.41) is 0. The molecule has 1 aliphatic carbocycles. The maximum absolute atomic E-state index is 10.5. The van der Waals surface area contributed by atoms with Crippen molar-refractivity contribution in [3.8, 4) is 0 Å². The van der Waals surface area contributed by atoms with Crippen LogP contribution in [0.15, 0.2) is 0 Å². The van der Waals surface area contributed by atoms with Crippen LogP contribution >= 0.6 is 0 Å². The Labute approximate surface area is 116 Å². The summed E-state index contributed by atoms with van der Waals surface area (Å²) in [6.07, 6.45) is 7.29. The molecule has 0 aromatic rings. The van der Waals surface area contributed by atoms with E-state index in [4.69, 9.17) is 0 Å². The number of carbonyl (C=O) groups is 3. The highest BCUT2D eigenvalue weighted by Gasteiger charge is 2.05. The molecule has 0 aromatic carbocycles. The highest BCUT2D eigenvalue weighted by molar-refractivity contribution is 5.78. The maximum Gasteiger partial charge on any atom is 0.302 e. The Hall–Kier alpha value is -1.19. The first kappa shape index (κ1) is 20.1. The van der Waals surface area contributed by atoms with Gasteiger partial charge in [-0.25, -0.2) is 0 Å². The summed E-state index contributed by atoms with van der Waals surface area (Å²) < 4.78 is 4.64. The lowest BCUT2D eigenvalue weighted by atomic mass is 10.00. The van der Waals surface area contributed by atoms with E-state index in [1.165, 1.54) is 27.2 Å². The van der Waals surface area contributed by atoms with Crippen molar-refractivity contribution in [1.29, 1.82) is 0 Å². The molecule has 1 rings (SSSR count). The SMILES string of the molecule is CC(C)=O.CCCCOC(C)=O.O=C1CCCCC1. The summed E-state index contributed by atoms with van der Waals surface area (Å²) in [6, 6.07) is 0. The number of rotatable bonds is 3. The molecule has 112 valence electrons. The lowest BCUT2D eigenvalue weighted by molar-refractivity contribution is -0.141. The molecule has 0 spiro atoms. The third-order valence-electron chi connectivity index (χ3n) is 2.21. The fourth-order valence-electron chi connectivity index (χ4n) is 1.31. The van der Waals surface area contributed by atoms with E-state index in [2.05, 4.69) is 11.7 Å². The number of Topliss-reactive ketones (excluding diaryl/α,β-unsaturated/α-hetero) is 2. The summed E-state index contributed by atoms with van der Waals surface area (Å²) >= 11 is 0. The second kappa shape index (κ2) is 14.9. The summed E-state index contributed by atoms with van der Waals surface area (Å²) in [5.41, 5.74) is 0. The van der Waals surface area contributed by atoms with E-state index in [1.54, 1.807) is 0 Å². The largest absolute Gasteiger partial charge is 0.466 e. The van der Waals surface area contributed by atoms with Crippen LogP contribution in [0.2, 0.25) is 0 Å². The van der Waals surface area contributed by atoms with Gasteiger partial charge in [0.05, 0.1) is 6.61 Å². The van der Waals surface area contributed by atoms with Crippen LogP contribution in [0, 0.1) is 0 Å². The molecule has 4 nitrogen and oxygen atoms in total. The highest BCUT2D eigenvalue weighted by atomic mass is 16.5. The molecule has 1 saturated carbocycles. The molecule has 0 bridgehead atoms. The van der Waals surface area contributed by atoms with Gasteiger partial charge in [-0.05, 0) is 33.1 Å². The van der Waals surface area contributed by atoms with Gasteiger partial charge in [0, 0.05) is 19.8 Å². The van der Waals surface area contributed by atoms with Crippen molar-refractivity contribution in [2.45, 2.75) is 72.6 Å². The Kier molecular flexibility index (Phi) is 15.8. The smallest absolute Gasteiger partial charge is 0.302 e. The van der Waals surface area contributed by atoms with Crippen LogP contribution in [0.25, 0.3) is 0 Å². The van der Waals surface area contributed by atoms with E-state index < -0.39 is 0 Å². The lowest BCUT2D eigenvalue weighted by Gasteiger charge is -2.05. The highest BCUT2D eigenvalue weighted by Crippen LogP contribution is 2.12. The Bertz CT molecular complexity index is 247. The predicted molar refractivity (Wildman–Crippen MR) is 76.0 cm³/mol. The Morgan fingerprint density at radius 1 is 1.05 bits per heavy atom. The molecule has 19 heavy (non-hydrogen) atoms. The van der Waals surface area contributed by atoms with Crippen LogP contribution in [0.5, 0.6) is 0 Å². The topological polar surface area (TPSA) is 60.4 Å². The molecule has 0 heterocycles. The fourth-order valence-corrected chi connectivity index (χ4v) is 1.31. The predicted octanol–water partition coefficient (Wildman–Crippen LogP) is 3.46. The number of carbonyl (C=O) groups excluding carboxylic acids is 3. The zero-order valence-corrected chi connectivity index (χ0v) is 12.8. The molecule has 0 aliphatic heterocycles. The zero-order chi connectivity index (χ0) is 15.1. The number of hydrogen-bond donors (Lipinski definition) is 0. The molecule has 0 atom stereocenters. The van der Waals surface area contributed by atoms with Crippen molar-refractivity contribution in [2.75, 3.05) is 6.61 Å². The Morgan fingerprint density at radius 2 is 1.53 bits per heavy atom.